The molecule has 0 aromatic rings. The first kappa shape index (κ1) is 13.7. The van der Waals surface area contributed by atoms with Crippen LogP contribution in [0.4, 0.5) is 0 Å². The molecule has 0 amide bonds. The Morgan fingerprint density at radius 3 is 1.64 bits per heavy atom. The van der Waals surface area contributed by atoms with E-state index in [1.165, 1.54) is 18.1 Å². The van der Waals surface area contributed by atoms with E-state index in [9.17, 15) is 0 Å². The third kappa shape index (κ3) is 3.10. The second kappa shape index (κ2) is 7.02. The molecule has 0 aromatic carbocycles. The van der Waals surface area contributed by atoms with Crippen LogP contribution >= 0.6 is 0 Å². The van der Waals surface area contributed by atoms with E-state index in [4.69, 9.17) is 0 Å². The van der Waals surface area contributed by atoms with Gasteiger partial charge in [-0.25, -0.2) is 0 Å². The number of nitrogens with zero attached hydrogens (tertiary/aromatic N) is 1. The van der Waals surface area contributed by atoms with Gasteiger partial charge in [-0.2, -0.15) is 0 Å². The van der Waals surface area contributed by atoms with Crippen molar-refractivity contribution in [2.75, 3.05) is 13.1 Å². The van der Waals surface area contributed by atoms with Crippen molar-refractivity contribution in [3.63, 3.8) is 0 Å². The van der Waals surface area contributed by atoms with Gasteiger partial charge >= 0.3 is 0 Å². The van der Waals surface area contributed by atoms with Gasteiger partial charge in [0.05, 0.1) is 0 Å². The summed E-state index contributed by atoms with van der Waals surface area (Å²) in [6, 6.07) is 3.68. The molecule has 0 saturated carbocycles. The summed E-state index contributed by atoms with van der Waals surface area (Å²) < 4.78 is 2.66. The highest BCUT2D eigenvalue weighted by Crippen LogP contribution is 2.25. The molecule has 0 aliphatic rings. The molecule has 0 aliphatic heterocycles. The topological polar surface area (TPSA) is 3.24 Å². The number of hydrogen-bond acceptors (Lipinski definition) is 1. The average Bonchev–Trinajstić information content (AvgIpc) is 2.20. The highest BCUT2D eigenvalue weighted by molar-refractivity contribution is 6.78. The predicted molar refractivity (Wildman–Crippen MR) is 69.2 cm³/mol. The first-order valence-corrected chi connectivity index (χ1v) is 8.24. The van der Waals surface area contributed by atoms with E-state index in [0.29, 0.717) is 0 Å². The minimum atomic E-state index is -1.30. The number of hydrogen-bond donors (Lipinski definition) is 0. The largest absolute Gasteiger partial charge is 0.323 e. The maximum absolute atomic E-state index is 3.90. The molecule has 0 heterocycles. The van der Waals surface area contributed by atoms with Gasteiger partial charge in [-0.3, -0.25) is 0 Å². The Kier molecular flexibility index (Phi) is 6.84. The second-order valence-electron chi connectivity index (χ2n) is 3.74. The van der Waals surface area contributed by atoms with Crippen LogP contribution in [0.3, 0.4) is 0 Å². The van der Waals surface area contributed by atoms with Gasteiger partial charge < -0.3 is 4.57 Å². The van der Waals surface area contributed by atoms with Gasteiger partial charge in [0.15, 0.2) is 0 Å². The molecule has 1 nitrogen and oxygen atoms in total. The summed E-state index contributed by atoms with van der Waals surface area (Å²) in [7, 11) is -1.30. The molecule has 14 heavy (non-hydrogen) atoms. The minimum absolute atomic E-state index is 1.16. The van der Waals surface area contributed by atoms with Gasteiger partial charge in [-0.05, 0) is 31.2 Å². The first-order chi connectivity index (χ1) is 6.70. The Morgan fingerprint density at radius 1 is 1.00 bits per heavy atom. The van der Waals surface area contributed by atoms with Crippen LogP contribution in [0, 0.1) is 0 Å². The molecule has 2 heteroatoms. The van der Waals surface area contributed by atoms with Crippen molar-refractivity contribution in [1.82, 2.24) is 4.57 Å². The first-order valence-electron chi connectivity index (χ1n) is 5.67. The zero-order valence-corrected chi connectivity index (χ0v) is 11.1. The average molecular weight is 211 g/mol. The van der Waals surface area contributed by atoms with Crippen LogP contribution in [0.1, 0.15) is 20.8 Å². The molecule has 0 aliphatic carbocycles. The number of rotatable bonds is 8. The van der Waals surface area contributed by atoms with Crippen LogP contribution in [-0.4, -0.2) is 25.9 Å². The fourth-order valence-corrected chi connectivity index (χ4v) is 6.41. The standard InChI is InChI=1S/C12H25NSi/c1-6-11-14(10-5,12-7-2)13(8-3)9-4/h6-7H,1-2,8-12H2,3-5H3. The Bertz CT molecular complexity index is 163. The van der Waals surface area contributed by atoms with Crippen LogP contribution in [-0.2, 0) is 0 Å². The summed E-state index contributed by atoms with van der Waals surface area (Å²) in [6.45, 7) is 17.0. The molecule has 0 N–H and O–H groups in total. The Hall–Kier alpha value is -0.343. The lowest BCUT2D eigenvalue weighted by Crippen LogP contribution is -2.52. The van der Waals surface area contributed by atoms with Crippen molar-refractivity contribution in [2.45, 2.75) is 38.9 Å². The number of allylic oxidation sites excluding steroid dienone is 2. The third-order valence-corrected chi connectivity index (χ3v) is 8.53. The Balaban J connectivity index is 4.76. The molecule has 0 rings (SSSR count). The Labute approximate surface area is 90.6 Å². The van der Waals surface area contributed by atoms with E-state index in [-0.39, 0.29) is 0 Å². The summed E-state index contributed by atoms with van der Waals surface area (Å²) in [5.74, 6) is 0. The fourth-order valence-electron chi connectivity index (χ4n) is 2.29. The third-order valence-electron chi connectivity index (χ3n) is 3.14. The monoisotopic (exact) mass is 211 g/mol. The van der Waals surface area contributed by atoms with Crippen LogP contribution in [0.5, 0.6) is 0 Å². The van der Waals surface area contributed by atoms with Gasteiger partial charge in [0, 0.05) is 0 Å². The lowest BCUT2D eigenvalue weighted by molar-refractivity contribution is 0.459. The smallest absolute Gasteiger partial charge is 0.135 e. The molecular formula is C12H25NSi. The van der Waals surface area contributed by atoms with Gasteiger partial charge in [0.25, 0.3) is 0 Å². The minimum Gasteiger partial charge on any atom is -0.323 e. The van der Waals surface area contributed by atoms with Crippen molar-refractivity contribution in [3.05, 3.63) is 25.3 Å². The van der Waals surface area contributed by atoms with E-state index < -0.39 is 8.24 Å². The molecule has 0 radical (unpaired) electrons. The van der Waals surface area contributed by atoms with E-state index in [2.05, 4.69) is 50.6 Å². The van der Waals surface area contributed by atoms with Crippen molar-refractivity contribution < 1.29 is 0 Å². The SMILES string of the molecule is C=CC[Si](CC)(CC=C)N(CC)CC. The lowest BCUT2D eigenvalue weighted by Gasteiger charge is -2.39. The molecule has 0 fully saturated rings. The van der Waals surface area contributed by atoms with Crippen molar-refractivity contribution in [3.8, 4) is 0 Å². The van der Waals surface area contributed by atoms with E-state index in [1.54, 1.807) is 0 Å². The van der Waals surface area contributed by atoms with Crippen molar-refractivity contribution >= 4 is 8.24 Å². The molecule has 0 spiro atoms. The normalized spacial score (nSPS) is 11.7. The second-order valence-corrected chi connectivity index (χ2v) is 8.34. The van der Waals surface area contributed by atoms with Gasteiger partial charge in [-0.1, -0.05) is 32.9 Å². The molecule has 0 atom stereocenters. The van der Waals surface area contributed by atoms with E-state index in [0.717, 1.165) is 13.1 Å². The molecule has 82 valence electrons. The molecule has 0 unspecified atom stereocenters. The van der Waals surface area contributed by atoms with Gasteiger partial charge in [0.1, 0.15) is 8.24 Å². The van der Waals surface area contributed by atoms with Crippen LogP contribution in [0.25, 0.3) is 0 Å². The molecule has 0 bridgehead atoms. The highest BCUT2D eigenvalue weighted by atomic mass is 28.3. The molecule has 0 aromatic heterocycles. The summed E-state index contributed by atoms with van der Waals surface area (Å²) >= 11 is 0. The quantitative estimate of drug-likeness (QED) is 0.437. The highest BCUT2D eigenvalue weighted by Gasteiger charge is 2.33. The van der Waals surface area contributed by atoms with E-state index in [1.807, 2.05) is 0 Å². The molecule has 0 saturated heterocycles. The van der Waals surface area contributed by atoms with Crippen LogP contribution in [0.2, 0.25) is 18.1 Å². The maximum Gasteiger partial charge on any atom is 0.135 e. The Morgan fingerprint density at radius 2 is 1.43 bits per heavy atom. The predicted octanol–water partition coefficient (Wildman–Crippen LogP) is 3.67. The summed E-state index contributed by atoms with van der Waals surface area (Å²) in [4.78, 5) is 0. The lowest BCUT2D eigenvalue weighted by atomic mass is 10.7. The zero-order valence-electron chi connectivity index (χ0n) is 10.1. The van der Waals surface area contributed by atoms with Crippen LogP contribution in [0.15, 0.2) is 25.3 Å². The van der Waals surface area contributed by atoms with Crippen molar-refractivity contribution in [1.29, 1.82) is 0 Å². The van der Waals surface area contributed by atoms with Crippen molar-refractivity contribution in [2.24, 2.45) is 0 Å². The summed E-state index contributed by atoms with van der Waals surface area (Å²) in [6.07, 6.45) is 4.19. The van der Waals surface area contributed by atoms with E-state index >= 15 is 0 Å². The van der Waals surface area contributed by atoms with Gasteiger partial charge in [0.2, 0.25) is 0 Å². The summed E-state index contributed by atoms with van der Waals surface area (Å²) in [5, 5.41) is 0. The summed E-state index contributed by atoms with van der Waals surface area (Å²) in [5.41, 5.74) is 0. The fraction of sp³-hybridized carbons (Fsp3) is 0.667. The van der Waals surface area contributed by atoms with Gasteiger partial charge in [-0.15, -0.1) is 13.2 Å². The molecular weight excluding hydrogens is 186 g/mol. The maximum atomic E-state index is 3.90. The zero-order chi connectivity index (χ0) is 11.0. The van der Waals surface area contributed by atoms with Crippen LogP contribution < -0.4 is 0 Å².